The molecule has 0 spiro atoms. The van der Waals surface area contributed by atoms with Crippen LogP contribution in [-0.4, -0.2) is 25.2 Å². The molecule has 0 aromatic rings. The minimum Gasteiger partial charge on any atom is -0.463 e. The Morgan fingerprint density at radius 2 is 1.58 bits per heavy atom. The molecule has 12 heavy (non-hydrogen) atoms. The fourth-order valence-electron chi connectivity index (χ4n) is 1.16. The van der Waals surface area contributed by atoms with Crippen molar-refractivity contribution in [3.05, 3.63) is 0 Å². The van der Waals surface area contributed by atoms with Crippen molar-refractivity contribution >= 4 is 25.2 Å². The maximum Gasteiger partial charge on any atom is 0.169 e. The normalized spacial score (nSPS) is 14.5. The predicted molar refractivity (Wildman–Crippen MR) is 65.6 cm³/mol. The molecule has 0 unspecified atom stereocenters. The van der Waals surface area contributed by atoms with Gasteiger partial charge in [0.25, 0.3) is 0 Å². The van der Waals surface area contributed by atoms with Gasteiger partial charge in [0.1, 0.15) is 9.28 Å². The molecule has 0 bridgehead atoms. The zero-order chi connectivity index (χ0) is 9.83. The second-order valence-corrected chi connectivity index (χ2v) is 22.4. The van der Waals surface area contributed by atoms with Gasteiger partial charge in [-0.1, -0.05) is 32.5 Å². The molecule has 0 aromatic carbocycles. The molecule has 0 rings (SSSR count). The molecule has 1 nitrogen and oxygen atoms in total. The van der Waals surface area contributed by atoms with Gasteiger partial charge in [0.05, 0.1) is 7.59 Å². The smallest absolute Gasteiger partial charge is 0.169 e. The van der Waals surface area contributed by atoms with Gasteiger partial charge in [-0.2, -0.15) is 0 Å². The van der Waals surface area contributed by atoms with Crippen LogP contribution < -0.4 is 0 Å². The maximum absolute atomic E-state index is 6.09. The van der Waals surface area contributed by atoms with E-state index in [1.807, 2.05) is 0 Å². The SMILES string of the molecule is CCC[Si](C)(C)[SiH2]O[Si](C)(C)C. The Balaban J connectivity index is 3.75. The van der Waals surface area contributed by atoms with Crippen LogP contribution >= 0.6 is 0 Å². The lowest BCUT2D eigenvalue weighted by atomic mass is 10.6. The molecule has 0 atom stereocenters. The van der Waals surface area contributed by atoms with E-state index in [-0.39, 0.29) is 9.28 Å². The van der Waals surface area contributed by atoms with Crippen molar-refractivity contribution in [1.29, 1.82) is 0 Å². The van der Waals surface area contributed by atoms with Crippen molar-refractivity contribution in [3.8, 4) is 0 Å². The monoisotopic (exact) mass is 220 g/mol. The Hall–Kier alpha value is 0.611. The standard InChI is InChI=1S/C8H24OSi3/c1-7-8-12(5,6)10-9-11(2,3)4/h7-8,10H2,1-6H3. The quantitative estimate of drug-likeness (QED) is 0.647. The van der Waals surface area contributed by atoms with Crippen molar-refractivity contribution < 1.29 is 4.12 Å². The first-order valence-corrected chi connectivity index (χ1v) is 14.4. The summed E-state index contributed by atoms with van der Waals surface area (Å²) in [5, 5.41) is 0. The van der Waals surface area contributed by atoms with E-state index in [4.69, 9.17) is 4.12 Å². The van der Waals surface area contributed by atoms with E-state index in [0.717, 1.165) is 0 Å². The van der Waals surface area contributed by atoms with E-state index in [1.165, 1.54) is 12.5 Å². The summed E-state index contributed by atoms with van der Waals surface area (Å²) in [5.74, 6) is 0. The third kappa shape index (κ3) is 7.27. The number of rotatable bonds is 5. The van der Waals surface area contributed by atoms with Gasteiger partial charge < -0.3 is 4.12 Å². The minimum atomic E-state index is -1.20. The molecule has 0 amide bonds. The number of hydrogen-bond acceptors (Lipinski definition) is 1. The largest absolute Gasteiger partial charge is 0.463 e. The minimum absolute atomic E-state index is 0.175. The zero-order valence-corrected chi connectivity index (χ0v) is 12.9. The number of hydrogen-bond donors (Lipinski definition) is 0. The van der Waals surface area contributed by atoms with Crippen molar-refractivity contribution in [2.24, 2.45) is 0 Å². The lowest BCUT2D eigenvalue weighted by molar-refractivity contribution is 0.610. The van der Waals surface area contributed by atoms with Crippen LogP contribution in [-0.2, 0) is 4.12 Å². The Kier molecular flexibility index (Phi) is 4.98. The van der Waals surface area contributed by atoms with E-state index in [0.29, 0.717) is 0 Å². The molecule has 0 fully saturated rings. The third-order valence-corrected chi connectivity index (χ3v) is 13.2. The summed E-state index contributed by atoms with van der Waals surface area (Å²) in [7, 11) is -2.24. The lowest BCUT2D eigenvalue weighted by Crippen LogP contribution is -2.42. The van der Waals surface area contributed by atoms with Crippen molar-refractivity contribution in [1.82, 2.24) is 0 Å². The van der Waals surface area contributed by atoms with Crippen LogP contribution in [0.1, 0.15) is 13.3 Å². The molecule has 0 aliphatic carbocycles. The van der Waals surface area contributed by atoms with Crippen LogP contribution in [0, 0.1) is 0 Å². The van der Waals surface area contributed by atoms with E-state index < -0.39 is 15.9 Å². The van der Waals surface area contributed by atoms with Crippen LogP contribution in [0.5, 0.6) is 0 Å². The summed E-state index contributed by atoms with van der Waals surface area (Å²) in [6.45, 7) is 14.2. The zero-order valence-electron chi connectivity index (χ0n) is 9.53. The van der Waals surface area contributed by atoms with E-state index in [1.54, 1.807) is 0 Å². The van der Waals surface area contributed by atoms with Crippen LogP contribution in [0.25, 0.3) is 0 Å². The summed E-state index contributed by atoms with van der Waals surface area (Å²) in [6.07, 6.45) is 1.35. The van der Waals surface area contributed by atoms with Crippen LogP contribution in [0.15, 0.2) is 0 Å². The molecule has 0 aliphatic rings. The average molecular weight is 221 g/mol. The second kappa shape index (κ2) is 4.74. The molecular weight excluding hydrogens is 196 g/mol. The Morgan fingerprint density at radius 3 is 1.92 bits per heavy atom. The van der Waals surface area contributed by atoms with Gasteiger partial charge in [-0.05, 0) is 19.6 Å². The molecular formula is C8H24OSi3. The van der Waals surface area contributed by atoms with Gasteiger partial charge >= 0.3 is 0 Å². The molecule has 0 heterocycles. The maximum atomic E-state index is 6.09. The van der Waals surface area contributed by atoms with Gasteiger partial charge in [-0.15, -0.1) is 0 Å². The van der Waals surface area contributed by atoms with Gasteiger partial charge in [0.2, 0.25) is 0 Å². The highest BCUT2D eigenvalue weighted by atomic mass is 29.2. The van der Waals surface area contributed by atoms with E-state index in [2.05, 4.69) is 39.7 Å². The molecule has 0 aliphatic heterocycles. The molecule has 0 saturated heterocycles. The summed E-state index contributed by atoms with van der Waals surface area (Å²) < 4.78 is 6.09. The van der Waals surface area contributed by atoms with Crippen molar-refractivity contribution in [2.45, 2.75) is 52.1 Å². The Morgan fingerprint density at radius 1 is 1.08 bits per heavy atom. The first-order valence-electron chi connectivity index (χ1n) is 4.91. The molecule has 0 aromatic heterocycles. The van der Waals surface area contributed by atoms with Crippen molar-refractivity contribution in [3.63, 3.8) is 0 Å². The molecule has 0 N–H and O–H groups in total. The van der Waals surface area contributed by atoms with Gasteiger partial charge in [0.15, 0.2) is 8.32 Å². The molecule has 4 heteroatoms. The first-order chi connectivity index (χ1) is 5.27. The average Bonchev–Trinajstić information content (AvgIpc) is 1.83. The van der Waals surface area contributed by atoms with Gasteiger partial charge in [-0.3, -0.25) is 0 Å². The molecule has 0 saturated carbocycles. The predicted octanol–water partition coefficient (Wildman–Crippen LogP) is 2.54. The van der Waals surface area contributed by atoms with Crippen LogP contribution in [0.3, 0.4) is 0 Å². The summed E-state index contributed by atoms with van der Waals surface area (Å²) in [6, 6.07) is 1.46. The Labute approximate surface area is 81.8 Å². The lowest BCUT2D eigenvalue weighted by Gasteiger charge is -2.26. The third-order valence-electron chi connectivity index (χ3n) is 1.82. The fourth-order valence-corrected chi connectivity index (χ4v) is 14.9. The van der Waals surface area contributed by atoms with E-state index in [9.17, 15) is 0 Å². The van der Waals surface area contributed by atoms with Gasteiger partial charge in [-0.25, -0.2) is 0 Å². The highest BCUT2D eigenvalue weighted by molar-refractivity contribution is 7.22. The first kappa shape index (κ1) is 12.6. The molecule has 0 radical (unpaired) electrons. The van der Waals surface area contributed by atoms with Gasteiger partial charge in [0, 0.05) is 0 Å². The van der Waals surface area contributed by atoms with Crippen LogP contribution in [0.2, 0.25) is 38.8 Å². The summed E-state index contributed by atoms with van der Waals surface area (Å²) in [5.41, 5.74) is 0. The van der Waals surface area contributed by atoms with Crippen molar-refractivity contribution in [2.75, 3.05) is 0 Å². The summed E-state index contributed by atoms with van der Waals surface area (Å²) >= 11 is 0. The summed E-state index contributed by atoms with van der Waals surface area (Å²) in [4.78, 5) is 0. The Bertz CT molecular complexity index is 129. The fraction of sp³-hybridized carbons (Fsp3) is 1.00. The highest BCUT2D eigenvalue weighted by Gasteiger charge is 2.24. The highest BCUT2D eigenvalue weighted by Crippen LogP contribution is 2.13. The molecule has 74 valence electrons. The van der Waals surface area contributed by atoms with E-state index >= 15 is 0 Å². The topological polar surface area (TPSA) is 9.23 Å². The second-order valence-electron chi connectivity index (χ2n) is 5.32. The van der Waals surface area contributed by atoms with Crippen LogP contribution in [0.4, 0.5) is 0 Å².